The first-order chi connectivity index (χ1) is 7.85. The Morgan fingerprint density at radius 2 is 2.12 bits per heavy atom. The van der Waals surface area contributed by atoms with Crippen molar-refractivity contribution in [2.45, 2.75) is 31.7 Å². The van der Waals surface area contributed by atoms with Crippen LogP contribution < -0.4 is 10.1 Å². The van der Waals surface area contributed by atoms with Gasteiger partial charge in [0, 0.05) is 6.07 Å². The molecule has 1 aromatic heterocycles. The van der Waals surface area contributed by atoms with E-state index < -0.39 is 0 Å². The van der Waals surface area contributed by atoms with Gasteiger partial charge in [0.25, 0.3) is 0 Å². The Morgan fingerprint density at radius 1 is 1.38 bits per heavy atom. The minimum Gasteiger partial charge on any atom is -0.481 e. The van der Waals surface area contributed by atoms with Crippen LogP contribution in [0.25, 0.3) is 0 Å². The molecule has 0 saturated heterocycles. The quantitative estimate of drug-likeness (QED) is 0.844. The van der Waals surface area contributed by atoms with E-state index in [-0.39, 0.29) is 0 Å². The topological polar surface area (TPSA) is 47.0 Å². The molecule has 1 heterocycles. The summed E-state index contributed by atoms with van der Waals surface area (Å²) in [6.07, 6.45) is 6.83. The van der Waals surface area contributed by atoms with Gasteiger partial charge in [0.1, 0.15) is 6.33 Å². The average molecular weight is 221 g/mol. The molecule has 1 unspecified atom stereocenters. The molecule has 1 fully saturated rings. The number of hydrogen-bond acceptors (Lipinski definition) is 4. The minimum atomic E-state index is 0.333. The van der Waals surface area contributed by atoms with E-state index in [0.717, 1.165) is 5.69 Å². The predicted octanol–water partition coefficient (Wildman–Crippen LogP) is 1.94. The molecule has 1 N–H and O–H groups in total. The molecule has 0 aliphatic heterocycles. The zero-order chi connectivity index (χ0) is 11.4. The zero-order valence-electron chi connectivity index (χ0n) is 9.94. The van der Waals surface area contributed by atoms with E-state index in [4.69, 9.17) is 4.74 Å². The maximum atomic E-state index is 5.13. The van der Waals surface area contributed by atoms with Crippen LogP contribution in [0.2, 0.25) is 0 Å². The van der Waals surface area contributed by atoms with Gasteiger partial charge in [-0.1, -0.05) is 12.8 Å². The SMILES string of the molecule is CNC(c1cc(OC)ncn1)C1CCCC1. The fourth-order valence-corrected chi connectivity index (χ4v) is 2.55. The molecule has 0 bridgehead atoms. The highest BCUT2D eigenvalue weighted by Crippen LogP contribution is 2.35. The summed E-state index contributed by atoms with van der Waals surface area (Å²) in [5.74, 6) is 1.34. The van der Waals surface area contributed by atoms with Crippen molar-refractivity contribution in [3.63, 3.8) is 0 Å². The summed E-state index contributed by atoms with van der Waals surface area (Å²) in [5.41, 5.74) is 1.04. The normalized spacial score (nSPS) is 18.6. The van der Waals surface area contributed by atoms with Crippen LogP contribution in [0, 0.1) is 5.92 Å². The minimum absolute atomic E-state index is 0.333. The third kappa shape index (κ3) is 2.32. The van der Waals surface area contributed by atoms with Crippen LogP contribution in [0.3, 0.4) is 0 Å². The van der Waals surface area contributed by atoms with Crippen LogP contribution in [0.5, 0.6) is 5.88 Å². The van der Waals surface area contributed by atoms with Crippen LogP contribution in [-0.4, -0.2) is 24.1 Å². The highest BCUT2D eigenvalue weighted by molar-refractivity contribution is 5.17. The van der Waals surface area contributed by atoms with Crippen molar-refractivity contribution in [3.8, 4) is 5.88 Å². The van der Waals surface area contributed by atoms with Gasteiger partial charge in [0.2, 0.25) is 5.88 Å². The number of hydrogen-bond donors (Lipinski definition) is 1. The molecule has 0 spiro atoms. The van der Waals surface area contributed by atoms with Gasteiger partial charge in [0.05, 0.1) is 18.8 Å². The van der Waals surface area contributed by atoms with Crippen LogP contribution in [-0.2, 0) is 0 Å². The molecule has 1 saturated carbocycles. The molecule has 1 atom stereocenters. The molecular weight excluding hydrogens is 202 g/mol. The lowest BCUT2D eigenvalue weighted by atomic mass is 9.95. The number of aromatic nitrogens is 2. The molecular formula is C12H19N3O. The van der Waals surface area contributed by atoms with Crippen molar-refractivity contribution in [1.82, 2.24) is 15.3 Å². The molecule has 1 aliphatic rings. The summed E-state index contributed by atoms with van der Waals surface area (Å²) in [7, 11) is 3.63. The van der Waals surface area contributed by atoms with E-state index in [1.807, 2.05) is 13.1 Å². The van der Waals surface area contributed by atoms with E-state index in [9.17, 15) is 0 Å². The molecule has 0 radical (unpaired) electrons. The van der Waals surface area contributed by atoms with Crippen molar-refractivity contribution in [2.24, 2.45) is 5.92 Å². The van der Waals surface area contributed by atoms with Gasteiger partial charge in [-0.25, -0.2) is 9.97 Å². The Kier molecular flexibility index (Phi) is 3.72. The summed E-state index contributed by atoms with van der Waals surface area (Å²) in [4.78, 5) is 8.39. The van der Waals surface area contributed by atoms with Crippen LogP contribution in [0.1, 0.15) is 37.4 Å². The number of nitrogens with zero attached hydrogens (tertiary/aromatic N) is 2. The molecule has 1 aromatic rings. The van der Waals surface area contributed by atoms with E-state index in [2.05, 4.69) is 15.3 Å². The second-order valence-corrected chi connectivity index (χ2v) is 4.30. The smallest absolute Gasteiger partial charge is 0.216 e. The summed E-state index contributed by atoms with van der Waals surface area (Å²) in [6.45, 7) is 0. The van der Waals surface area contributed by atoms with Crippen molar-refractivity contribution >= 4 is 0 Å². The zero-order valence-corrected chi connectivity index (χ0v) is 9.94. The first-order valence-electron chi connectivity index (χ1n) is 5.88. The van der Waals surface area contributed by atoms with E-state index in [1.165, 1.54) is 25.7 Å². The fraction of sp³-hybridized carbons (Fsp3) is 0.667. The molecule has 0 amide bonds. The fourth-order valence-electron chi connectivity index (χ4n) is 2.55. The van der Waals surface area contributed by atoms with Crippen molar-refractivity contribution < 1.29 is 4.74 Å². The van der Waals surface area contributed by atoms with Crippen LogP contribution >= 0.6 is 0 Å². The summed E-state index contributed by atoms with van der Waals surface area (Å²) < 4.78 is 5.13. The monoisotopic (exact) mass is 221 g/mol. The summed E-state index contributed by atoms with van der Waals surface area (Å²) >= 11 is 0. The third-order valence-corrected chi connectivity index (χ3v) is 3.37. The maximum absolute atomic E-state index is 5.13. The number of nitrogens with one attached hydrogen (secondary N) is 1. The van der Waals surface area contributed by atoms with Crippen molar-refractivity contribution in [2.75, 3.05) is 14.2 Å². The van der Waals surface area contributed by atoms with Gasteiger partial charge in [0.15, 0.2) is 0 Å². The standard InChI is InChI=1S/C12H19N3O/c1-13-12(9-5-3-4-6-9)10-7-11(16-2)15-8-14-10/h7-9,12-13H,3-6H2,1-2H3. The Bertz CT molecular complexity index is 337. The predicted molar refractivity (Wildman–Crippen MR) is 62.3 cm³/mol. The van der Waals surface area contributed by atoms with E-state index in [0.29, 0.717) is 17.8 Å². The van der Waals surface area contributed by atoms with Crippen molar-refractivity contribution in [1.29, 1.82) is 0 Å². The lowest BCUT2D eigenvalue weighted by molar-refractivity contribution is 0.370. The molecule has 4 nitrogen and oxygen atoms in total. The first-order valence-corrected chi connectivity index (χ1v) is 5.88. The molecule has 1 aliphatic carbocycles. The molecule has 4 heteroatoms. The van der Waals surface area contributed by atoms with Gasteiger partial charge < -0.3 is 10.1 Å². The Hall–Kier alpha value is -1.16. The lowest BCUT2D eigenvalue weighted by Gasteiger charge is -2.22. The second-order valence-electron chi connectivity index (χ2n) is 4.30. The average Bonchev–Trinajstić information content (AvgIpc) is 2.84. The third-order valence-electron chi connectivity index (χ3n) is 3.37. The second kappa shape index (κ2) is 5.25. The Balaban J connectivity index is 2.18. The molecule has 0 aromatic carbocycles. The Labute approximate surface area is 96.4 Å². The summed E-state index contributed by atoms with van der Waals surface area (Å²) in [5, 5.41) is 3.37. The lowest BCUT2D eigenvalue weighted by Crippen LogP contribution is -2.24. The molecule has 16 heavy (non-hydrogen) atoms. The maximum Gasteiger partial charge on any atom is 0.216 e. The first kappa shape index (κ1) is 11.3. The van der Waals surface area contributed by atoms with E-state index in [1.54, 1.807) is 13.4 Å². The van der Waals surface area contributed by atoms with Gasteiger partial charge in [-0.05, 0) is 25.8 Å². The highest BCUT2D eigenvalue weighted by atomic mass is 16.5. The van der Waals surface area contributed by atoms with Gasteiger partial charge in [-0.15, -0.1) is 0 Å². The van der Waals surface area contributed by atoms with Gasteiger partial charge >= 0.3 is 0 Å². The largest absolute Gasteiger partial charge is 0.481 e. The van der Waals surface area contributed by atoms with Gasteiger partial charge in [-0.2, -0.15) is 0 Å². The van der Waals surface area contributed by atoms with Crippen LogP contribution in [0.15, 0.2) is 12.4 Å². The Morgan fingerprint density at radius 3 is 2.75 bits per heavy atom. The summed E-state index contributed by atoms with van der Waals surface area (Å²) in [6, 6.07) is 2.26. The van der Waals surface area contributed by atoms with Gasteiger partial charge in [-0.3, -0.25) is 0 Å². The molecule has 2 rings (SSSR count). The van der Waals surface area contributed by atoms with E-state index >= 15 is 0 Å². The van der Waals surface area contributed by atoms with Crippen LogP contribution in [0.4, 0.5) is 0 Å². The number of rotatable bonds is 4. The number of methoxy groups -OCH3 is 1. The number of ether oxygens (including phenoxy) is 1. The highest BCUT2D eigenvalue weighted by Gasteiger charge is 2.26. The van der Waals surface area contributed by atoms with Crippen molar-refractivity contribution in [3.05, 3.63) is 18.1 Å². The molecule has 88 valence electrons.